The van der Waals surface area contributed by atoms with E-state index in [-0.39, 0.29) is 12.1 Å². The lowest BCUT2D eigenvalue weighted by atomic mass is 10.1. The molecule has 0 atom stereocenters. The number of nitrogens with zero attached hydrogens (tertiary/aromatic N) is 4. The van der Waals surface area contributed by atoms with Gasteiger partial charge in [-0.3, -0.25) is 9.36 Å². The monoisotopic (exact) mass is 328 g/mol. The lowest BCUT2D eigenvalue weighted by Crippen LogP contribution is -2.20. The largest absolute Gasteiger partial charge is 0.492 e. The normalized spacial score (nSPS) is 10.7. The molecule has 0 aliphatic heterocycles. The van der Waals surface area contributed by atoms with Crippen molar-refractivity contribution in [3.8, 4) is 23.1 Å². The minimum absolute atomic E-state index is 0.00469. The number of aromatic nitrogens is 3. The molecule has 2 aromatic heterocycles. The second-order valence-electron chi connectivity index (χ2n) is 4.83. The van der Waals surface area contributed by atoms with E-state index >= 15 is 0 Å². The van der Waals surface area contributed by atoms with Crippen LogP contribution in [0.3, 0.4) is 0 Å². The van der Waals surface area contributed by atoms with E-state index in [2.05, 4.69) is 5.10 Å². The molecule has 0 aliphatic carbocycles. The highest BCUT2D eigenvalue weighted by Crippen LogP contribution is 2.30. The van der Waals surface area contributed by atoms with Gasteiger partial charge in [-0.25, -0.2) is 4.52 Å². The first-order valence-electron chi connectivity index (χ1n) is 7.02. The molecule has 0 saturated carbocycles. The molecule has 0 N–H and O–H groups in total. The SMILES string of the molecule is CCOc1ccc(-c2cc3c(=O)n(CC#N)ccn3n2)cc1Cl. The summed E-state index contributed by atoms with van der Waals surface area (Å²) < 4.78 is 8.24. The van der Waals surface area contributed by atoms with Crippen molar-refractivity contribution in [2.24, 2.45) is 0 Å². The molecule has 0 spiro atoms. The highest BCUT2D eigenvalue weighted by molar-refractivity contribution is 6.32. The molecular weight excluding hydrogens is 316 g/mol. The minimum atomic E-state index is -0.259. The second-order valence-corrected chi connectivity index (χ2v) is 5.23. The van der Waals surface area contributed by atoms with Crippen molar-refractivity contribution in [3.63, 3.8) is 0 Å². The van der Waals surface area contributed by atoms with Crippen LogP contribution in [0, 0.1) is 11.3 Å². The molecule has 23 heavy (non-hydrogen) atoms. The van der Waals surface area contributed by atoms with Gasteiger partial charge in [0.2, 0.25) is 0 Å². The zero-order chi connectivity index (χ0) is 16.4. The van der Waals surface area contributed by atoms with Gasteiger partial charge in [0, 0.05) is 18.0 Å². The molecule has 1 aromatic carbocycles. The first-order chi connectivity index (χ1) is 11.1. The molecule has 0 fully saturated rings. The van der Waals surface area contributed by atoms with Gasteiger partial charge in [-0.2, -0.15) is 10.4 Å². The maximum atomic E-state index is 12.3. The van der Waals surface area contributed by atoms with Crippen molar-refractivity contribution in [1.29, 1.82) is 5.26 Å². The number of halogens is 1. The first-order valence-corrected chi connectivity index (χ1v) is 7.40. The third kappa shape index (κ3) is 2.79. The molecule has 0 bridgehead atoms. The number of ether oxygens (including phenoxy) is 1. The van der Waals surface area contributed by atoms with Crippen LogP contribution in [-0.2, 0) is 6.54 Å². The molecule has 7 heteroatoms. The Morgan fingerprint density at radius 2 is 2.17 bits per heavy atom. The van der Waals surface area contributed by atoms with Gasteiger partial charge in [0.1, 0.15) is 17.8 Å². The van der Waals surface area contributed by atoms with Crippen LogP contribution < -0.4 is 10.3 Å². The van der Waals surface area contributed by atoms with Gasteiger partial charge in [0.15, 0.2) is 0 Å². The van der Waals surface area contributed by atoms with Gasteiger partial charge >= 0.3 is 0 Å². The van der Waals surface area contributed by atoms with Crippen LogP contribution in [0.4, 0.5) is 0 Å². The zero-order valence-electron chi connectivity index (χ0n) is 12.4. The lowest BCUT2D eigenvalue weighted by molar-refractivity contribution is 0.340. The number of hydrogen-bond acceptors (Lipinski definition) is 4. The standard InChI is InChI=1S/C16H13ClN4O2/c1-2-23-15-4-3-11(9-12(15)17)13-10-14-16(22)20(6-5-18)7-8-21(14)19-13/h3-4,7-10H,2,6H2,1H3. The summed E-state index contributed by atoms with van der Waals surface area (Å²) in [4.78, 5) is 12.3. The summed E-state index contributed by atoms with van der Waals surface area (Å²) in [5, 5.41) is 13.6. The fourth-order valence-corrected chi connectivity index (χ4v) is 2.54. The van der Waals surface area contributed by atoms with E-state index in [1.54, 1.807) is 30.6 Å². The Balaban J connectivity index is 2.07. The molecule has 0 saturated heterocycles. The van der Waals surface area contributed by atoms with Crippen LogP contribution in [0.25, 0.3) is 16.8 Å². The fraction of sp³-hybridized carbons (Fsp3) is 0.188. The van der Waals surface area contributed by atoms with Gasteiger partial charge < -0.3 is 4.74 Å². The molecule has 0 unspecified atom stereocenters. The van der Waals surface area contributed by atoms with Crippen LogP contribution in [0.15, 0.2) is 41.5 Å². The van der Waals surface area contributed by atoms with Crippen LogP contribution in [0.5, 0.6) is 5.75 Å². The molecule has 3 aromatic rings. The molecule has 0 aliphatic rings. The topological polar surface area (TPSA) is 72.3 Å². The maximum Gasteiger partial charge on any atom is 0.277 e. The Bertz CT molecular complexity index is 968. The van der Waals surface area contributed by atoms with Crippen molar-refractivity contribution in [2.45, 2.75) is 13.5 Å². The Kier molecular flexibility index (Phi) is 4.04. The number of hydrogen-bond donors (Lipinski definition) is 0. The van der Waals surface area contributed by atoms with E-state index in [1.165, 1.54) is 9.08 Å². The third-order valence-electron chi connectivity index (χ3n) is 3.37. The summed E-state index contributed by atoms with van der Waals surface area (Å²) in [6, 6.07) is 9.01. The minimum Gasteiger partial charge on any atom is -0.492 e. The van der Waals surface area contributed by atoms with Crippen LogP contribution in [-0.4, -0.2) is 20.8 Å². The van der Waals surface area contributed by atoms with Gasteiger partial charge in [-0.15, -0.1) is 0 Å². The van der Waals surface area contributed by atoms with E-state index in [0.717, 1.165) is 5.56 Å². The lowest BCUT2D eigenvalue weighted by Gasteiger charge is -2.06. The molecular formula is C16H13ClN4O2. The van der Waals surface area contributed by atoms with Crippen LogP contribution >= 0.6 is 11.6 Å². The first kappa shape index (κ1) is 15.1. The fourth-order valence-electron chi connectivity index (χ4n) is 2.30. The number of fused-ring (bicyclic) bond motifs is 1. The second kappa shape index (κ2) is 6.15. The van der Waals surface area contributed by atoms with Gasteiger partial charge in [-0.05, 0) is 31.2 Å². The molecule has 2 heterocycles. The van der Waals surface area contributed by atoms with Crippen molar-refractivity contribution >= 4 is 17.1 Å². The molecule has 6 nitrogen and oxygen atoms in total. The average molecular weight is 329 g/mol. The summed E-state index contributed by atoms with van der Waals surface area (Å²) in [5.74, 6) is 0.609. The number of benzene rings is 1. The summed E-state index contributed by atoms with van der Waals surface area (Å²) in [5.41, 5.74) is 1.56. The molecule has 116 valence electrons. The number of rotatable bonds is 4. The Labute approximate surface area is 137 Å². The van der Waals surface area contributed by atoms with Crippen molar-refractivity contribution < 1.29 is 4.74 Å². The van der Waals surface area contributed by atoms with E-state index in [1.807, 2.05) is 19.1 Å². The van der Waals surface area contributed by atoms with E-state index in [0.29, 0.717) is 28.6 Å². The molecule has 0 amide bonds. The Morgan fingerprint density at radius 1 is 1.35 bits per heavy atom. The van der Waals surface area contributed by atoms with Gasteiger partial charge in [0.05, 0.1) is 23.4 Å². The summed E-state index contributed by atoms with van der Waals surface area (Å²) in [6.07, 6.45) is 3.19. The number of nitriles is 1. The highest BCUT2D eigenvalue weighted by Gasteiger charge is 2.11. The summed E-state index contributed by atoms with van der Waals surface area (Å²) >= 11 is 6.19. The van der Waals surface area contributed by atoms with Gasteiger partial charge in [0.25, 0.3) is 5.56 Å². The summed E-state index contributed by atoms with van der Waals surface area (Å²) in [6.45, 7) is 2.43. The third-order valence-corrected chi connectivity index (χ3v) is 3.67. The van der Waals surface area contributed by atoms with E-state index in [4.69, 9.17) is 21.6 Å². The van der Waals surface area contributed by atoms with Crippen LogP contribution in [0.1, 0.15) is 6.92 Å². The maximum absolute atomic E-state index is 12.3. The van der Waals surface area contributed by atoms with E-state index < -0.39 is 0 Å². The van der Waals surface area contributed by atoms with Crippen molar-refractivity contribution in [3.05, 3.63) is 52.0 Å². The quantitative estimate of drug-likeness (QED) is 0.738. The Morgan fingerprint density at radius 3 is 2.87 bits per heavy atom. The van der Waals surface area contributed by atoms with Gasteiger partial charge in [-0.1, -0.05) is 11.6 Å². The zero-order valence-corrected chi connectivity index (χ0v) is 13.1. The molecule has 0 radical (unpaired) electrons. The highest BCUT2D eigenvalue weighted by atomic mass is 35.5. The van der Waals surface area contributed by atoms with Crippen molar-refractivity contribution in [2.75, 3.05) is 6.61 Å². The smallest absolute Gasteiger partial charge is 0.277 e. The predicted octanol–water partition coefficient (Wildman–Crippen LogP) is 2.74. The van der Waals surface area contributed by atoms with Crippen molar-refractivity contribution in [1.82, 2.24) is 14.2 Å². The average Bonchev–Trinajstić information content (AvgIpc) is 2.97. The Hall–Kier alpha value is -2.78. The van der Waals surface area contributed by atoms with Crippen LogP contribution in [0.2, 0.25) is 5.02 Å². The van der Waals surface area contributed by atoms with E-state index in [9.17, 15) is 4.79 Å². The predicted molar refractivity (Wildman–Crippen MR) is 86.7 cm³/mol. The summed E-state index contributed by atoms with van der Waals surface area (Å²) in [7, 11) is 0. The molecule has 3 rings (SSSR count).